The van der Waals surface area contributed by atoms with Crippen LogP contribution in [0, 0.1) is 11.7 Å². The van der Waals surface area contributed by atoms with E-state index >= 15 is 0 Å². The molecule has 1 N–H and O–H groups in total. The van der Waals surface area contributed by atoms with Crippen molar-refractivity contribution < 1.29 is 4.39 Å². The van der Waals surface area contributed by atoms with Crippen molar-refractivity contribution in [3.63, 3.8) is 0 Å². The summed E-state index contributed by atoms with van der Waals surface area (Å²) >= 11 is 5.66. The van der Waals surface area contributed by atoms with Crippen LogP contribution in [0.1, 0.15) is 31.7 Å². The normalized spacial score (nSPS) is 23.8. The topological polar surface area (TPSA) is 12.0 Å². The second kappa shape index (κ2) is 4.72. The van der Waals surface area contributed by atoms with Crippen LogP contribution >= 0.6 is 11.6 Å². The second-order valence-corrected chi connectivity index (χ2v) is 5.25. The number of hydrogen-bond donors (Lipinski definition) is 1. The summed E-state index contributed by atoms with van der Waals surface area (Å²) in [4.78, 5) is 0. The van der Waals surface area contributed by atoms with Crippen LogP contribution in [0.25, 0.3) is 0 Å². The van der Waals surface area contributed by atoms with Gasteiger partial charge in [-0.25, -0.2) is 4.39 Å². The van der Waals surface area contributed by atoms with Crippen molar-refractivity contribution in [1.29, 1.82) is 0 Å². The van der Waals surface area contributed by atoms with Gasteiger partial charge in [0.25, 0.3) is 0 Å². The van der Waals surface area contributed by atoms with Crippen LogP contribution in [0.2, 0.25) is 5.02 Å². The Morgan fingerprint density at radius 3 is 2.88 bits per heavy atom. The van der Waals surface area contributed by atoms with Gasteiger partial charge >= 0.3 is 0 Å². The summed E-state index contributed by atoms with van der Waals surface area (Å²) < 4.78 is 13.3. The van der Waals surface area contributed by atoms with E-state index in [2.05, 4.69) is 19.2 Å². The van der Waals surface area contributed by atoms with Gasteiger partial charge < -0.3 is 5.32 Å². The zero-order valence-corrected chi connectivity index (χ0v) is 10.4. The van der Waals surface area contributed by atoms with Gasteiger partial charge in [0.05, 0.1) is 5.02 Å². The first-order valence-electron chi connectivity index (χ1n) is 5.76. The molecule has 1 aliphatic rings. The maximum atomic E-state index is 13.3. The van der Waals surface area contributed by atoms with E-state index in [1.165, 1.54) is 0 Å². The minimum atomic E-state index is -0.304. The van der Waals surface area contributed by atoms with Crippen LogP contribution in [-0.2, 0) is 0 Å². The van der Waals surface area contributed by atoms with Gasteiger partial charge in [-0.2, -0.15) is 0 Å². The van der Waals surface area contributed by atoms with Gasteiger partial charge in [-0.1, -0.05) is 31.5 Å². The number of rotatable bonds is 4. The summed E-state index contributed by atoms with van der Waals surface area (Å²) in [6.45, 7) is 5.30. The van der Waals surface area contributed by atoms with Gasteiger partial charge in [0, 0.05) is 6.04 Å². The molecule has 0 radical (unpaired) electrons. The lowest BCUT2D eigenvalue weighted by atomic mass is 10.1. The van der Waals surface area contributed by atoms with Crippen LogP contribution in [0.5, 0.6) is 0 Å². The highest BCUT2D eigenvalue weighted by atomic mass is 35.5. The van der Waals surface area contributed by atoms with Crippen LogP contribution in [0.3, 0.4) is 0 Å². The molecule has 16 heavy (non-hydrogen) atoms. The van der Waals surface area contributed by atoms with Crippen molar-refractivity contribution in [2.45, 2.75) is 32.2 Å². The Morgan fingerprint density at radius 1 is 1.50 bits per heavy atom. The van der Waals surface area contributed by atoms with E-state index in [0.717, 1.165) is 18.5 Å². The van der Waals surface area contributed by atoms with Crippen molar-refractivity contribution in [3.05, 3.63) is 34.6 Å². The molecule has 0 heterocycles. The minimum absolute atomic E-state index is 0.209. The molecule has 0 aliphatic heterocycles. The van der Waals surface area contributed by atoms with Gasteiger partial charge in [0.2, 0.25) is 0 Å². The highest BCUT2D eigenvalue weighted by Crippen LogP contribution is 2.47. The lowest BCUT2D eigenvalue weighted by Gasteiger charge is -2.07. The quantitative estimate of drug-likeness (QED) is 0.850. The molecule has 2 unspecified atom stereocenters. The Morgan fingerprint density at radius 2 is 2.25 bits per heavy atom. The van der Waals surface area contributed by atoms with Gasteiger partial charge in [0.1, 0.15) is 5.82 Å². The molecule has 3 heteroatoms. The molecule has 0 bridgehead atoms. The highest BCUT2D eigenvalue weighted by molar-refractivity contribution is 6.30. The molecule has 1 saturated carbocycles. The highest BCUT2D eigenvalue weighted by Gasteiger charge is 2.38. The van der Waals surface area contributed by atoms with E-state index in [9.17, 15) is 4.39 Å². The fourth-order valence-corrected chi connectivity index (χ4v) is 2.13. The summed E-state index contributed by atoms with van der Waals surface area (Å²) in [5.74, 6) is 0.864. The van der Waals surface area contributed by atoms with Crippen LogP contribution in [0.4, 0.5) is 4.39 Å². The molecule has 1 aliphatic carbocycles. The third kappa shape index (κ3) is 2.74. The molecule has 1 fully saturated rings. The molecule has 2 rings (SSSR count). The van der Waals surface area contributed by atoms with Crippen LogP contribution < -0.4 is 5.32 Å². The van der Waals surface area contributed by atoms with Crippen molar-refractivity contribution >= 4 is 11.6 Å². The van der Waals surface area contributed by atoms with Gasteiger partial charge in [-0.15, -0.1) is 0 Å². The predicted molar refractivity (Wildman–Crippen MR) is 65.4 cm³/mol. The smallest absolute Gasteiger partial charge is 0.142 e. The second-order valence-electron chi connectivity index (χ2n) is 4.84. The largest absolute Gasteiger partial charge is 0.314 e. The third-order valence-electron chi connectivity index (χ3n) is 3.08. The molecule has 88 valence electrons. The fourth-order valence-electron chi connectivity index (χ4n) is 2.01. The zero-order chi connectivity index (χ0) is 11.7. The Labute approximate surface area is 101 Å². The first-order chi connectivity index (χ1) is 7.58. The van der Waals surface area contributed by atoms with E-state index in [1.807, 2.05) is 6.07 Å². The van der Waals surface area contributed by atoms with E-state index in [0.29, 0.717) is 17.9 Å². The van der Waals surface area contributed by atoms with Crippen molar-refractivity contribution in [3.8, 4) is 0 Å². The maximum absolute atomic E-state index is 13.3. The summed E-state index contributed by atoms with van der Waals surface area (Å²) in [5.41, 5.74) is 1.08. The summed E-state index contributed by atoms with van der Waals surface area (Å²) in [6.07, 6.45) is 1.15. The average molecular weight is 242 g/mol. The molecule has 2 atom stereocenters. The van der Waals surface area contributed by atoms with Crippen molar-refractivity contribution in [1.82, 2.24) is 5.32 Å². The van der Waals surface area contributed by atoms with E-state index in [-0.39, 0.29) is 10.8 Å². The molecule has 0 amide bonds. The molecule has 0 spiro atoms. The van der Waals surface area contributed by atoms with Crippen molar-refractivity contribution in [2.75, 3.05) is 6.54 Å². The van der Waals surface area contributed by atoms with Crippen LogP contribution in [0.15, 0.2) is 18.2 Å². The Kier molecular flexibility index (Phi) is 3.50. The monoisotopic (exact) mass is 241 g/mol. The molecular formula is C13H17ClFN. The SMILES string of the molecule is CC(C)NCC1CC1c1ccc(Cl)c(F)c1. The third-order valence-corrected chi connectivity index (χ3v) is 3.39. The molecule has 1 nitrogen and oxygen atoms in total. The minimum Gasteiger partial charge on any atom is -0.314 e. The number of hydrogen-bond acceptors (Lipinski definition) is 1. The van der Waals surface area contributed by atoms with E-state index in [1.54, 1.807) is 12.1 Å². The summed E-state index contributed by atoms with van der Waals surface area (Å²) in [5, 5.41) is 3.62. The zero-order valence-electron chi connectivity index (χ0n) is 9.63. The summed E-state index contributed by atoms with van der Waals surface area (Å²) in [6, 6.07) is 5.67. The predicted octanol–water partition coefficient (Wildman–Crippen LogP) is 3.58. The first-order valence-corrected chi connectivity index (χ1v) is 6.14. The molecule has 0 aromatic heterocycles. The standard InChI is InChI=1S/C13H17ClFN/c1-8(2)16-7-10-5-11(10)9-3-4-12(14)13(15)6-9/h3-4,6,8,10-11,16H,5,7H2,1-2H3. The lowest BCUT2D eigenvalue weighted by Crippen LogP contribution is -2.25. The fraction of sp³-hybridized carbons (Fsp3) is 0.538. The molecule has 1 aromatic carbocycles. The average Bonchev–Trinajstić information content (AvgIpc) is 2.98. The summed E-state index contributed by atoms with van der Waals surface area (Å²) in [7, 11) is 0. The van der Waals surface area contributed by atoms with Gasteiger partial charge in [-0.3, -0.25) is 0 Å². The van der Waals surface area contributed by atoms with Gasteiger partial charge in [0.15, 0.2) is 0 Å². The maximum Gasteiger partial charge on any atom is 0.142 e. The Hall–Kier alpha value is -0.600. The Bertz CT molecular complexity index is 378. The van der Waals surface area contributed by atoms with E-state index in [4.69, 9.17) is 11.6 Å². The van der Waals surface area contributed by atoms with E-state index < -0.39 is 0 Å². The molecule has 0 saturated heterocycles. The van der Waals surface area contributed by atoms with Crippen molar-refractivity contribution in [2.24, 2.45) is 5.92 Å². The number of halogens is 2. The number of benzene rings is 1. The number of nitrogens with one attached hydrogen (secondary N) is 1. The lowest BCUT2D eigenvalue weighted by molar-refractivity contribution is 0.554. The molecule has 1 aromatic rings. The Balaban J connectivity index is 1.93. The van der Waals surface area contributed by atoms with Gasteiger partial charge in [-0.05, 0) is 42.5 Å². The van der Waals surface area contributed by atoms with Crippen LogP contribution in [-0.4, -0.2) is 12.6 Å². The first kappa shape index (κ1) is 11.9. The molecular weight excluding hydrogens is 225 g/mol.